The van der Waals surface area contributed by atoms with Gasteiger partial charge in [-0.25, -0.2) is 14.8 Å². The van der Waals surface area contributed by atoms with Gasteiger partial charge in [-0.15, -0.1) is 0 Å². The summed E-state index contributed by atoms with van der Waals surface area (Å²) in [5.74, 6) is -1.75. The van der Waals surface area contributed by atoms with Crippen molar-refractivity contribution in [1.82, 2.24) is 4.98 Å². The molecule has 0 atom stereocenters. The molecule has 4 nitrogen and oxygen atoms in total. The van der Waals surface area contributed by atoms with E-state index in [2.05, 4.69) is 14.7 Å². The predicted molar refractivity (Wildman–Crippen MR) is 49.4 cm³/mol. The minimum atomic E-state index is -4.87. The molecule has 0 N–H and O–H groups in total. The molecule has 7 heteroatoms. The molecule has 0 saturated heterocycles. The van der Waals surface area contributed by atoms with Crippen LogP contribution >= 0.6 is 0 Å². The summed E-state index contributed by atoms with van der Waals surface area (Å²) in [5.41, 5.74) is -1.63. The van der Waals surface area contributed by atoms with E-state index in [1.807, 2.05) is 0 Å². The summed E-state index contributed by atoms with van der Waals surface area (Å²) in [6, 6.07) is 4.22. The second-order valence-electron chi connectivity index (χ2n) is 2.64. The Labute approximate surface area is 88.8 Å². The van der Waals surface area contributed by atoms with Gasteiger partial charge in [-0.1, -0.05) is 6.07 Å². The SMILES string of the molecule is COC(=O)/C(=N\c1ccccn1)C(F)(F)F. The van der Waals surface area contributed by atoms with E-state index < -0.39 is 17.9 Å². The molecule has 0 aliphatic rings. The second kappa shape index (κ2) is 4.73. The molecule has 0 amide bonds. The molecule has 16 heavy (non-hydrogen) atoms. The fourth-order valence-corrected chi connectivity index (χ4v) is 0.856. The topological polar surface area (TPSA) is 51.5 Å². The number of carbonyl (C=O) groups excluding carboxylic acids is 1. The highest BCUT2D eigenvalue weighted by Gasteiger charge is 2.42. The fraction of sp³-hybridized carbons (Fsp3) is 0.222. The maximum atomic E-state index is 12.4. The number of rotatable bonds is 2. The minimum Gasteiger partial charge on any atom is -0.464 e. The number of alkyl halides is 3. The number of aliphatic imine (C=N–C) groups is 1. The lowest BCUT2D eigenvalue weighted by Crippen LogP contribution is -2.31. The van der Waals surface area contributed by atoms with E-state index in [-0.39, 0.29) is 5.82 Å². The highest BCUT2D eigenvalue weighted by molar-refractivity contribution is 6.39. The van der Waals surface area contributed by atoms with Crippen LogP contribution in [0.4, 0.5) is 19.0 Å². The summed E-state index contributed by atoms with van der Waals surface area (Å²) in [5, 5.41) is 0. The van der Waals surface area contributed by atoms with E-state index in [0.29, 0.717) is 0 Å². The van der Waals surface area contributed by atoms with Crippen molar-refractivity contribution in [3.8, 4) is 0 Å². The van der Waals surface area contributed by atoms with Crippen molar-refractivity contribution in [1.29, 1.82) is 0 Å². The number of methoxy groups -OCH3 is 1. The van der Waals surface area contributed by atoms with Gasteiger partial charge in [0.2, 0.25) is 5.71 Å². The van der Waals surface area contributed by atoms with Crippen LogP contribution in [0.2, 0.25) is 0 Å². The van der Waals surface area contributed by atoms with Crippen LogP contribution in [-0.4, -0.2) is 30.0 Å². The number of halogens is 3. The van der Waals surface area contributed by atoms with Gasteiger partial charge in [-0.3, -0.25) is 0 Å². The number of hydrogen-bond donors (Lipinski definition) is 0. The quantitative estimate of drug-likeness (QED) is 0.578. The van der Waals surface area contributed by atoms with Crippen LogP contribution in [0.1, 0.15) is 0 Å². The van der Waals surface area contributed by atoms with E-state index in [9.17, 15) is 18.0 Å². The van der Waals surface area contributed by atoms with Gasteiger partial charge >= 0.3 is 12.1 Å². The molecule has 1 aromatic rings. The molecule has 1 aromatic heterocycles. The molecule has 0 spiro atoms. The zero-order valence-corrected chi connectivity index (χ0v) is 8.15. The average molecular weight is 232 g/mol. The van der Waals surface area contributed by atoms with E-state index in [1.165, 1.54) is 24.4 Å². The van der Waals surface area contributed by atoms with E-state index in [0.717, 1.165) is 7.11 Å². The fourth-order valence-electron chi connectivity index (χ4n) is 0.856. The van der Waals surface area contributed by atoms with Crippen molar-refractivity contribution in [2.75, 3.05) is 7.11 Å². The summed E-state index contributed by atoms with van der Waals surface area (Å²) in [6.07, 6.45) is -3.60. The summed E-state index contributed by atoms with van der Waals surface area (Å²) < 4.78 is 41.1. The van der Waals surface area contributed by atoms with Gasteiger partial charge in [0.15, 0.2) is 5.82 Å². The number of carbonyl (C=O) groups is 1. The third-order valence-corrected chi connectivity index (χ3v) is 1.52. The maximum absolute atomic E-state index is 12.4. The number of ether oxygens (including phenoxy) is 1. The maximum Gasteiger partial charge on any atom is 0.440 e. The van der Waals surface area contributed by atoms with Gasteiger partial charge in [0, 0.05) is 6.20 Å². The summed E-state index contributed by atoms with van der Waals surface area (Å²) in [6.45, 7) is 0. The predicted octanol–water partition coefficient (Wildman–Crippen LogP) is 1.89. The first kappa shape index (κ1) is 12.2. The van der Waals surface area contributed by atoms with Crippen molar-refractivity contribution in [3.63, 3.8) is 0 Å². The molecule has 0 fully saturated rings. The zero-order valence-electron chi connectivity index (χ0n) is 8.15. The Balaban J connectivity index is 3.12. The lowest BCUT2D eigenvalue weighted by atomic mass is 10.3. The lowest BCUT2D eigenvalue weighted by Gasteiger charge is -2.07. The monoisotopic (exact) mass is 232 g/mol. The van der Waals surface area contributed by atoms with Crippen LogP contribution in [0.5, 0.6) is 0 Å². The zero-order chi connectivity index (χ0) is 12.2. The van der Waals surface area contributed by atoms with Crippen LogP contribution in [0.3, 0.4) is 0 Å². The van der Waals surface area contributed by atoms with Crippen LogP contribution in [0.15, 0.2) is 29.4 Å². The molecule has 1 rings (SSSR count). The van der Waals surface area contributed by atoms with Crippen molar-refractivity contribution in [2.24, 2.45) is 4.99 Å². The number of pyridine rings is 1. The first-order valence-corrected chi connectivity index (χ1v) is 4.10. The van der Waals surface area contributed by atoms with Gasteiger partial charge in [0.25, 0.3) is 0 Å². The summed E-state index contributed by atoms with van der Waals surface area (Å²) >= 11 is 0. The van der Waals surface area contributed by atoms with Crippen molar-refractivity contribution >= 4 is 17.5 Å². The number of hydrogen-bond acceptors (Lipinski definition) is 4. The number of aromatic nitrogens is 1. The Morgan fingerprint density at radius 1 is 1.44 bits per heavy atom. The largest absolute Gasteiger partial charge is 0.464 e. The molecular weight excluding hydrogens is 225 g/mol. The first-order valence-electron chi connectivity index (χ1n) is 4.10. The standard InChI is InChI=1S/C9H7F3N2O2/c1-16-8(15)7(9(10,11)12)14-6-4-2-3-5-13-6/h2-5H,1H3/b14-7+. The van der Waals surface area contributed by atoms with Crippen LogP contribution in [0.25, 0.3) is 0 Å². The highest BCUT2D eigenvalue weighted by atomic mass is 19.4. The Morgan fingerprint density at radius 2 is 2.12 bits per heavy atom. The van der Waals surface area contributed by atoms with Gasteiger partial charge in [0.05, 0.1) is 7.11 Å². The first-order chi connectivity index (χ1) is 7.45. The third-order valence-electron chi connectivity index (χ3n) is 1.52. The molecule has 0 aliphatic carbocycles. The van der Waals surface area contributed by atoms with E-state index in [4.69, 9.17) is 0 Å². The summed E-state index contributed by atoms with van der Waals surface area (Å²) in [4.78, 5) is 17.5. The average Bonchev–Trinajstić information content (AvgIpc) is 2.25. The molecule has 0 aromatic carbocycles. The normalized spacial score (nSPS) is 12.4. The Hall–Kier alpha value is -1.92. The van der Waals surface area contributed by atoms with Gasteiger partial charge < -0.3 is 4.74 Å². The van der Waals surface area contributed by atoms with E-state index in [1.54, 1.807) is 0 Å². The summed E-state index contributed by atoms with van der Waals surface area (Å²) in [7, 11) is 0.849. The smallest absolute Gasteiger partial charge is 0.440 e. The lowest BCUT2D eigenvalue weighted by molar-refractivity contribution is -0.137. The molecule has 0 saturated carbocycles. The van der Waals surface area contributed by atoms with Crippen molar-refractivity contribution < 1.29 is 22.7 Å². The van der Waals surface area contributed by atoms with Crippen LogP contribution in [0, 0.1) is 0 Å². The Bertz CT molecular complexity index is 401. The van der Waals surface area contributed by atoms with Crippen molar-refractivity contribution in [3.05, 3.63) is 24.4 Å². The molecule has 0 bridgehead atoms. The molecule has 0 aliphatic heterocycles. The third kappa shape index (κ3) is 3.04. The number of esters is 1. The second-order valence-corrected chi connectivity index (χ2v) is 2.64. The van der Waals surface area contributed by atoms with Crippen LogP contribution in [-0.2, 0) is 9.53 Å². The van der Waals surface area contributed by atoms with E-state index >= 15 is 0 Å². The van der Waals surface area contributed by atoms with Gasteiger partial charge in [0.1, 0.15) is 0 Å². The highest BCUT2D eigenvalue weighted by Crippen LogP contribution is 2.21. The van der Waals surface area contributed by atoms with Gasteiger partial charge in [-0.2, -0.15) is 13.2 Å². The minimum absolute atomic E-state index is 0.208. The molecule has 0 unspecified atom stereocenters. The molecular formula is C9H7F3N2O2. The van der Waals surface area contributed by atoms with Gasteiger partial charge in [-0.05, 0) is 12.1 Å². The molecule has 0 radical (unpaired) electrons. The number of nitrogens with zero attached hydrogens (tertiary/aromatic N) is 2. The molecule has 1 heterocycles. The van der Waals surface area contributed by atoms with Crippen LogP contribution < -0.4 is 0 Å². The van der Waals surface area contributed by atoms with Crippen molar-refractivity contribution in [2.45, 2.75) is 6.18 Å². The Morgan fingerprint density at radius 3 is 2.56 bits per heavy atom. The Kier molecular flexibility index (Phi) is 3.60. The molecule has 86 valence electrons.